The van der Waals surface area contributed by atoms with E-state index in [1.54, 1.807) is 12.1 Å². The van der Waals surface area contributed by atoms with E-state index in [9.17, 15) is 16.8 Å². The van der Waals surface area contributed by atoms with Gasteiger partial charge in [-0.3, -0.25) is 9.11 Å². The summed E-state index contributed by atoms with van der Waals surface area (Å²) in [5, 5.41) is 1.74. The molecule has 3 rings (SSSR count). The molecule has 0 bridgehead atoms. The number of rotatable bonds is 3. The fourth-order valence-electron chi connectivity index (χ4n) is 2.08. The smallest absolute Gasteiger partial charge is 0.294 e. The van der Waals surface area contributed by atoms with Gasteiger partial charge in [0.15, 0.2) is 0 Å². The highest BCUT2D eigenvalue weighted by molar-refractivity contribution is 7.86. The number of ether oxygens (including phenoxy) is 1. The second kappa shape index (κ2) is 7.83. The Morgan fingerprint density at radius 1 is 0.692 bits per heavy atom. The molecule has 2 N–H and O–H groups in total. The van der Waals surface area contributed by atoms with Crippen molar-refractivity contribution >= 4 is 31.0 Å². The third-order valence-electron chi connectivity index (χ3n) is 3.38. The van der Waals surface area contributed by atoms with Crippen LogP contribution in [0.1, 0.15) is 0 Å². The van der Waals surface area contributed by atoms with Crippen molar-refractivity contribution in [2.45, 2.75) is 9.79 Å². The van der Waals surface area contributed by atoms with Gasteiger partial charge in [0.2, 0.25) is 0 Å². The predicted molar refractivity (Wildman–Crippen MR) is 96.6 cm³/mol. The Kier molecular flexibility index (Phi) is 5.98. The van der Waals surface area contributed by atoms with E-state index in [2.05, 4.69) is 0 Å². The van der Waals surface area contributed by atoms with Crippen LogP contribution in [0.4, 0.5) is 0 Å². The van der Waals surface area contributed by atoms with E-state index in [0.717, 1.165) is 10.8 Å². The van der Waals surface area contributed by atoms with Gasteiger partial charge in [0, 0.05) is 0 Å². The first-order chi connectivity index (χ1) is 12.1. The van der Waals surface area contributed by atoms with Gasteiger partial charge in [-0.25, -0.2) is 0 Å². The van der Waals surface area contributed by atoms with Gasteiger partial charge in [0.05, 0.1) is 16.9 Å². The highest BCUT2D eigenvalue weighted by Gasteiger charge is 2.09. The van der Waals surface area contributed by atoms with Crippen molar-refractivity contribution < 1.29 is 30.7 Å². The Morgan fingerprint density at radius 2 is 1.19 bits per heavy atom. The Labute approximate surface area is 151 Å². The van der Waals surface area contributed by atoms with Crippen molar-refractivity contribution in [3.63, 3.8) is 0 Å². The third-order valence-corrected chi connectivity index (χ3v) is 5.09. The molecule has 0 amide bonds. The molecule has 26 heavy (non-hydrogen) atoms. The molecule has 0 spiro atoms. The van der Waals surface area contributed by atoms with E-state index in [-0.39, 0.29) is 9.79 Å². The SMILES string of the molecule is COc1ccc(S(=O)(=O)O)cc1.O=S(=O)(O)c1ccc2ccccc2c1. The van der Waals surface area contributed by atoms with Crippen LogP contribution >= 0.6 is 0 Å². The zero-order valence-electron chi connectivity index (χ0n) is 13.6. The van der Waals surface area contributed by atoms with Gasteiger partial charge in [-0.15, -0.1) is 0 Å². The van der Waals surface area contributed by atoms with Crippen LogP contribution in [0, 0.1) is 0 Å². The summed E-state index contributed by atoms with van der Waals surface area (Å²) in [5.41, 5.74) is 0. The van der Waals surface area contributed by atoms with Crippen LogP contribution in [0.15, 0.2) is 76.5 Å². The Bertz CT molecular complexity index is 1100. The lowest BCUT2D eigenvalue weighted by Crippen LogP contribution is -1.97. The number of hydrogen-bond donors (Lipinski definition) is 2. The quantitative estimate of drug-likeness (QED) is 0.653. The Morgan fingerprint density at radius 3 is 1.69 bits per heavy atom. The molecule has 0 saturated heterocycles. The van der Waals surface area contributed by atoms with E-state index in [1.807, 2.05) is 18.2 Å². The van der Waals surface area contributed by atoms with Crippen LogP contribution in [0.25, 0.3) is 10.8 Å². The van der Waals surface area contributed by atoms with Crippen LogP contribution in [-0.4, -0.2) is 33.1 Å². The summed E-state index contributed by atoms with van der Waals surface area (Å²) in [4.78, 5) is -0.209. The summed E-state index contributed by atoms with van der Waals surface area (Å²) in [6.07, 6.45) is 0. The van der Waals surface area contributed by atoms with Crippen LogP contribution in [-0.2, 0) is 20.2 Å². The molecule has 9 heteroatoms. The van der Waals surface area contributed by atoms with Gasteiger partial charge >= 0.3 is 0 Å². The Hall–Kier alpha value is -2.46. The largest absolute Gasteiger partial charge is 0.497 e. The molecule has 0 fully saturated rings. The molecule has 138 valence electrons. The molecule has 0 heterocycles. The zero-order valence-corrected chi connectivity index (χ0v) is 15.2. The third kappa shape index (κ3) is 5.27. The summed E-state index contributed by atoms with van der Waals surface area (Å²) < 4.78 is 65.0. The maximum Gasteiger partial charge on any atom is 0.294 e. The lowest BCUT2D eigenvalue weighted by Gasteiger charge is -1.99. The molecule has 3 aromatic carbocycles. The maximum atomic E-state index is 10.8. The van der Waals surface area contributed by atoms with Gasteiger partial charge in [-0.2, -0.15) is 16.8 Å². The fraction of sp³-hybridized carbons (Fsp3) is 0.0588. The first-order valence-electron chi connectivity index (χ1n) is 7.19. The monoisotopic (exact) mass is 396 g/mol. The minimum absolute atomic E-state index is 0.0730. The average molecular weight is 396 g/mol. The van der Waals surface area contributed by atoms with Gasteiger partial charge < -0.3 is 4.74 Å². The van der Waals surface area contributed by atoms with Gasteiger partial charge in [0.1, 0.15) is 5.75 Å². The Balaban J connectivity index is 0.000000190. The topological polar surface area (TPSA) is 118 Å². The minimum atomic E-state index is -4.09. The lowest BCUT2D eigenvalue weighted by molar-refractivity contribution is 0.414. The lowest BCUT2D eigenvalue weighted by atomic mass is 10.1. The molecular weight excluding hydrogens is 380 g/mol. The molecule has 0 radical (unpaired) electrons. The van der Waals surface area contributed by atoms with Crippen LogP contribution < -0.4 is 4.74 Å². The van der Waals surface area contributed by atoms with E-state index >= 15 is 0 Å². The molecule has 7 nitrogen and oxygen atoms in total. The number of methoxy groups -OCH3 is 1. The van der Waals surface area contributed by atoms with Crippen LogP contribution in [0.5, 0.6) is 5.75 Å². The molecule has 0 aliphatic heterocycles. The van der Waals surface area contributed by atoms with E-state index in [1.165, 1.54) is 43.5 Å². The standard InChI is InChI=1S/C10H8O3S.C7H8O4S/c11-14(12,13)10-6-5-8-3-1-2-4-9(8)7-10;1-11-6-2-4-7(5-3-6)12(8,9)10/h1-7H,(H,11,12,13);2-5H,1H3,(H,8,9,10). The summed E-state index contributed by atoms with van der Waals surface area (Å²) in [6.45, 7) is 0. The molecular formula is C17H16O7S2. The first-order valence-corrected chi connectivity index (χ1v) is 10.1. The van der Waals surface area contributed by atoms with E-state index in [0.29, 0.717) is 5.75 Å². The van der Waals surface area contributed by atoms with Crippen molar-refractivity contribution in [1.29, 1.82) is 0 Å². The molecule has 3 aromatic rings. The summed E-state index contributed by atoms with van der Waals surface area (Å²) in [7, 11) is -6.70. The van der Waals surface area contributed by atoms with Crippen molar-refractivity contribution in [3.8, 4) is 5.75 Å². The number of hydrogen-bond acceptors (Lipinski definition) is 5. The van der Waals surface area contributed by atoms with Crippen molar-refractivity contribution in [2.75, 3.05) is 7.11 Å². The molecule has 0 aliphatic rings. The fourth-order valence-corrected chi connectivity index (χ4v) is 3.07. The molecule has 0 aromatic heterocycles. The van der Waals surface area contributed by atoms with E-state index in [4.69, 9.17) is 13.8 Å². The number of fused-ring (bicyclic) bond motifs is 1. The van der Waals surface area contributed by atoms with Gasteiger partial charge in [0.25, 0.3) is 20.2 Å². The molecule has 0 aliphatic carbocycles. The van der Waals surface area contributed by atoms with Crippen molar-refractivity contribution in [1.82, 2.24) is 0 Å². The zero-order chi connectivity index (χ0) is 19.4. The van der Waals surface area contributed by atoms with Gasteiger partial charge in [-0.1, -0.05) is 30.3 Å². The van der Waals surface area contributed by atoms with Crippen molar-refractivity contribution in [2.24, 2.45) is 0 Å². The van der Waals surface area contributed by atoms with Gasteiger partial charge in [-0.05, 0) is 47.2 Å². The molecule has 0 unspecified atom stereocenters. The second-order valence-corrected chi connectivity index (χ2v) is 7.98. The van der Waals surface area contributed by atoms with E-state index < -0.39 is 20.2 Å². The molecule has 0 atom stereocenters. The minimum Gasteiger partial charge on any atom is -0.497 e. The first kappa shape index (κ1) is 19.9. The summed E-state index contributed by atoms with van der Waals surface area (Å²) in [6, 6.07) is 17.3. The summed E-state index contributed by atoms with van der Waals surface area (Å²) in [5.74, 6) is 0.544. The highest BCUT2D eigenvalue weighted by Crippen LogP contribution is 2.18. The highest BCUT2D eigenvalue weighted by atomic mass is 32.2. The normalized spacial score (nSPS) is 11.5. The maximum absolute atomic E-state index is 10.8. The second-order valence-electron chi connectivity index (χ2n) is 5.13. The van der Waals surface area contributed by atoms with Crippen LogP contribution in [0.2, 0.25) is 0 Å². The molecule has 0 saturated carbocycles. The number of benzene rings is 3. The summed E-state index contributed by atoms with van der Waals surface area (Å²) >= 11 is 0. The average Bonchev–Trinajstić information content (AvgIpc) is 2.60. The predicted octanol–water partition coefficient (Wildman–Crippen LogP) is 3.03. The van der Waals surface area contributed by atoms with Crippen LogP contribution in [0.3, 0.4) is 0 Å². The van der Waals surface area contributed by atoms with Crippen molar-refractivity contribution in [3.05, 3.63) is 66.7 Å².